The number of carbonyl (C=O) groups excluding carboxylic acids is 1. The molecule has 1 atom stereocenters. The third-order valence-electron chi connectivity index (χ3n) is 4.07. The number of hydrogen-bond acceptors (Lipinski definition) is 4. The second-order valence-electron chi connectivity index (χ2n) is 5.28. The average Bonchev–Trinajstić information content (AvgIpc) is 2.85. The lowest BCUT2D eigenvalue weighted by atomic mass is 9.77. The van der Waals surface area contributed by atoms with Crippen LogP contribution >= 0.6 is 0 Å². The van der Waals surface area contributed by atoms with E-state index in [4.69, 9.17) is 0 Å². The minimum atomic E-state index is -0.224. The van der Waals surface area contributed by atoms with Crippen molar-refractivity contribution in [1.29, 1.82) is 0 Å². The second-order valence-corrected chi connectivity index (χ2v) is 5.28. The van der Waals surface area contributed by atoms with Gasteiger partial charge in [-0.15, -0.1) is 10.2 Å². The van der Waals surface area contributed by atoms with E-state index in [9.17, 15) is 4.79 Å². The van der Waals surface area contributed by atoms with Crippen LogP contribution in [0.2, 0.25) is 0 Å². The molecule has 0 aromatic carbocycles. The Labute approximate surface area is 114 Å². The first-order valence-corrected chi connectivity index (χ1v) is 7.00. The van der Waals surface area contributed by atoms with E-state index in [2.05, 4.69) is 27.8 Å². The molecule has 1 aromatic heterocycles. The van der Waals surface area contributed by atoms with E-state index in [0.717, 1.165) is 44.6 Å². The van der Waals surface area contributed by atoms with E-state index in [-0.39, 0.29) is 11.3 Å². The molecule has 0 bridgehead atoms. The summed E-state index contributed by atoms with van der Waals surface area (Å²) in [5, 5.41) is 14.2. The Balaban J connectivity index is 1.84. The predicted octanol–water partition coefficient (Wildman–Crippen LogP) is 0.254. The third kappa shape index (κ3) is 3.12. The van der Waals surface area contributed by atoms with Crippen molar-refractivity contribution in [1.82, 2.24) is 25.4 Å². The van der Waals surface area contributed by atoms with Crippen molar-refractivity contribution in [3.63, 3.8) is 0 Å². The Morgan fingerprint density at radius 3 is 3.05 bits per heavy atom. The molecular formula is C13H23N5O. The molecule has 0 aliphatic carbocycles. The molecule has 1 fully saturated rings. The predicted molar refractivity (Wildman–Crippen MR) is 72.5 cm³/mol. The van der Waals surface area contributed by atoms with Crippen LogP contribution in [-0.2, 0) is 18.3 Å². The van der Waals surface area contributed by atoms with Gasteiger partial charge in [-0.1, -0.05) is 6.92 Å². The van der Waals surface area contributed by atoms with E-state index < -0.39 is 0 Å². The summed E-state index contributed by atoms with van der Waals surface area (Å²) in [6.45, 7) is 4.52. The van der Waals surface area contributed by atoms with Gasteiger partial charge in [0.2, 0.25) is 5.91 Å². The SMILES string of the molecule is CCC1(C(=O)NCCc2nncn2C)CCCNC1. The van der Waals surface area contributed by atoms with E-state index >= 15 is 0 Å². The molecule has 1 amide bonds. The number of rotatable bonds is 5. The largest absolute Gasteiger partial charge is 0.355 e. The molecule has 2 heterocycles. The van der Waals surface area contributed by atoms with Crippen molar-refractivity contribution in [3.8, 4) is 0 Å². The number of nitrogens with one attached hydrogen (secondary N) is 2. The first-order valence-electron chi connectivity index (χ1n) is 7.00. The van der Waals surface area contributed by atoms with Crippen LogP contribution in [0.15, 0.2) is 6.33 Å². The van der Waals surface area contributed by atoms with E-state index in [0.29, 0.717) is 6.54 Å². The van der Waals surface area contributed by atoms with Gasteiger partial charge in [-0.25, -0.2) is 0 Å². The summed E-state index contributed by atoms with van der Waals surface area (Å²) >= 11 is 0. The average molecular weight is 265 g/mol. The molecule has 19 heavy (non-hydrogen) atoms. The highest BCUT2D eigenvalue weighted by Crippen LogP contribution is 2.30. The number of nitrogens with zero attached hydrogens (tertiary/aromatic N) is 3. The van der Waals surface area contributed by atoms with E-state index in [1.165, 1.54) is 0 Å². The van der Waals surface area contributed by atoms with Gasteiger partial charge in [0.05, 0.1) is 5.41 Å². The Kier molecular flexibility index (Phi) is 4.52. The zero-order valence-corrected chi connectivity index (χ0v) is 11.8. The molecule has 0 spiro atoms. The lowest BCUT2D eigenvalue weighted by Gasteiger charge is -2.35. The molecule has 1 aliphatic heterocycles. The topological polar surface area (TPSA) is 71.8 Å². The molecule has 1 unspecified atom stereocenters. The van der Waals surface area contributed by atoms with Gasteiger partial charge in [-0.2, -0.15) is 0 Å². The molecule has 0 saturated carbocycles. The van der Waals surface area contributed by atoms with Gasteiger partial charge >= 0.3 is 0 Å². The van der Waals surface area contributed by atoms with Crippen LogP contribution in [0.1, 0.15) is 32.0 Å². The van der Waals surface area contributed by atoms with Crippen molar-refractivity contribution < 1.29 is 4.79 Å². The number of hydrogen-bond donors (Lipinski definition) is 2. The van der Waals surface area contributed by atoms with Crippen LogP contribution in [0.4, 0.5) is 0 Å². The minimum Gasteiger partial charge on any atom is -0.355 e. The number of aromatic nitrogens is 3. The molecule has 6 heteroatoms. The minimum absolute atomic E-state index is 0.171. The van der Waals surface area contributed by atoms with Gasteiger partial charge in [0.25, 0.3) is 0 Å². The lowest BCUT2D eigenvalue weighted by molar-refractivity contribution is -0.132. The summed E-state index contributed by atoms with van der Waals surface area (Å²) in [5.74, 6) is 1.07. The maximum absolute atomic E-state index is 12.4. The maximum atomic E-state index is 12.4. The van der Waals surface area contributed by atoms with Gasteiger partial charge in [0.15, 0.2) is 0 Å². The maximum Gasteiger partial charge on any atom is 0.227 e. The van der Waals surface area contributed by atoms with Crippen LogP contribution in [0, 0.1) is 5.41 Å². The molecule has 1 aromatic rings. The zero-order valence-electron chi connectivity index (χ0n) is 11.8. The first kappa shape index (κ1) is 14.0. The third-order valence-corrected chi connectivity index (χ3v) is 4.07. The molecule has 1 saturated heterocycles. The molecule has 6 nitrogen and oxygen atoms in total. The van der Waals surface area contributed by atoms with E-state index in [1.807, 2.05) is 11.6 Å². The van der Waals surface area contributed by atoms with Gasteiger partial charge in [-0.3, -0.25) is 4.79 Å². The smallest absolute Gasteiger partial charge is 0.227 e. The van der Waals surface area contributed by atoms with Gasteiger partial charge in [0, 0.05) is 26.6 Å². The number of carbonyl (C=O) groups is 1. The summed E-state index contributed by atoms with van der Waals surface area (Å²) < 4.78 is 1.88. The van der Waals surface area contributed by atoms with Crippen molar-refractivity contribution in [2.45, 2.75) is 32.6 Å². The van der Waals surface area contributed by atoms with Gasteiger partial charge in [-0.05, 0) is 25.8 Å². The fourth-order valence-electron chi connectivity index (χ4n) is 2.63. The lowest BCUT2D eigenvalue weighted by Crippen LogP contribution is -2.50. The molecule has 2 N–H and O–H groups in total. The Morgan fingerprint density at radius 2 is 2.47 bits per heavy atom. The fraction of sp³-hybridized carbons (Fsp3) is 0.769. The second kappa shape index (κ2) is 6.14. The normalized spacial score (nSPS) is 23.3. The number of aryl methyl sites for hydroxylation is 1. The molecule has 2 rings (SSSR count). The summed E-state index contributed by atoms with van der Waals surface area (Å²) in [6, 6.07) is 0. The molecule has 0 radical (unpaired) electrons. The van der Waals surface area contributed by atoms with Crippen LogP contribution in [0.3, 0.4) is 0 Å². The quantitative estimate of drug-likeness (QED) is 0.801. The fourth-order valence-corrected chi connectivity index (χ4v) is 2.63. The number of piperidine rings is 1. The Hall–Kier alpha value is -1.43. The van der Waals surface area contributed by atoms with Crippen LogP contribution in [0.5, 0.6) is 0 Å². The van der Waals surface area contributed by atoms with Crippen LogP contribution in [0.25, 0.3) is 0 Å². The molecular weight excluding hydrogens is 242 g/mol. The standard InChI is InChI=1S/C13H23N5O/c1-3-13(6-4-7-14-9-13)12(19)15-8-5-11-17-16-10-18(11)2/h10,14H,3-9H2,1-2H3,(H,15,19). The van der Waals surface area contributed by atoms with E-state index in [1.54, 1.807) is 6.33 Å². The summed E-state index contributed by atoms with van der Waals surface area (Å²) in [4.78, 5) is 12.4. The Morgan fingerprint density at radius 1 is 1.63 bits per heavy atom. The summed E-state index contributed by atoms with van der Waals surface area (Å²) in [6.07, 6.45) is 5.33. The van der Waals surface area contributed by atoms with Gasteiger partial charge in [0.1, 0.15) is 12.2 Å². The Bertz CT molecular complexity index is 422. The first-order chi connectivity index (χ1) is 9.18. The highest BCUT2D eigenvalue weighted by Gasteiger charge is 2.37. The number of amides is 1. The highest BCUT2D eigenvalue weighted by atomic mass is 16.2. The molecule has 106 valence electrons. The van der Waals surface area contributed by atoms with Crippen molar-refractivity contribution in [2.75, 3.05) is 19.6 Å². The summed E-state index contributed by atoms with van der Waals surface area (Å²) in [5.41, 5.74) is -0.224. The summed E-state index contributed by atoms with van der Waals surface area (Å²) in [7, 11) is 1.91. The van der Waals surface area contributed by atoms with Gasteiger partial charge < -0.3 is 15.2 Å². The van der Waals surface area contributed by atoms with Crippen molar-refractivity contribution >= 4 is 5.91 Å². The van der Waals surface area contributed by atoms with Crippen LogP contribution in [-0.4, -0.2) is 40.3 Å². The van der Waals surface area contributed by atoms with Crippen molar-refractivity contribution in [3.05, 3.63) is 12.2 Å². The zero-order chi connectivity index (χ0) is 13.7. The molecule has 1 aliphatic rings. The monoisotopic (exact) mass is 265 g/mol. The van der Waals surface area contributed by atoms with Crippen LogP contribution < -0.4 is 10.6 Å². The highest BCUT2D eigenvalue weighted by molar-refractivity contribution is 5.83. The van der Waals surface area contributed by atoms with Crippen molar-refractivity contribution in [2.24, 2.45) is 12.5 Å².